The summed E-state index contributed by atoms with van der Waals surface area (Å²) in [6.45, 7) is 18.3. The third kappa shape index (κ3) is 7.14. The average molecular weight is 401 g/mol. The van der Waals surface area contributed by atoms with Gasteiger partial charge in [-0.25, -0.2) is 0 Å². The van der Waals surface area contributed by atoms with E-state index in [2.05, 4.69) is 47.7 Å². The van der Waals surface area contributed by atoms with Crippen LogP contribution in [0.3, 0.4) is 0 Å². The van der Waals surface area contributed by atoms with Gasteiger partial charge in [-0.05, 0) is 55.4 Å². The predicted octanol–water partition coefficient (Wildman–Crippen LogP) is 5.53. The Morgan fingerprint density at radius 1 is 0.923 bits per heavy atom. The molecular formula is C20H36O4SSi. The quantitative estimate of drug-likeness (QED) is 0.404. The van der Waals surface area contributed by atoms with E-state index >= 15 is 0 Å². The Morgan fingerprint density at radius 2 is 1.42 bits per heavy atom. The van der Waals surface area contributed by atoms with E-state index in [1.54, 1.807) is 24.3 Å². The molecule has 26 heavy (non-hydrogen) atoms. The number of hydrogen-bond acceptors (Lipinski definition) is 4. The summed E-state index contributed by atoms with van der Waals surface area (Å²) in [5, 5.41) is 0.197. The largest absolute Gasteiger partial charge is 0.417 e. The van der Waals surface area contributed by atoms with Crippen LogP contribution in [0, 0.1) is 12.3 Å². The van der Waals surface area contributed by atoms with E-state index in [9.17, 15) is 8.42 Å². The third-order valence-electron chi connectivity index (χ3n) is 5.37. The first-order valence-corrected chi connectivity index (χ1v) is 13.6. The molecule has 0 heterocycles. The van der Waals surface area contributed by atoms with E-state index < -0.39 is 18.4 Å². The van der Waals surface area contributed by atoms with Crippen LogP contribution in [0.25, 0.3) is 0 Å². The van der Waals surface area contributed by atoms with Crippen molar-refractivity contribution in [2.45, 2.75) is 77.4 Å². The van der Waals surface area contributed by atoms with Crippen LogP contribution in [-0.4, -0.2) is 29.9 Å². The Bertz CT molecular complexity index is 671. The van der Waals surface area contributed by atoms with E-state index in [-0.39, 0.29) is 22.0 Å². The molecule has 0 aliphatic rings. The van der Waals surface area contributed by atoms with E-state index in [1.165, 1.54) is 0 Å². The van der Waals surface area contributed by atoms with Crippen molar-refractivity contribution in [3.63, 3.8) is 0 Å². The monoisotopic (exact) mass is 400 g/mol. The van der Waals surface area contributed by atoms with Crippen LogP contribution in [0.15, 0.2) is 29.2 Å². The smallest absolute Gasteiger partial charge is 0.296 e. The molecule has 0 atom stereocenters. The van der Waals surface area contributed by atoms with Gasteiger partial charge in [-0.2, -0.15) is 8.42 Å². The summed E-state index contributed by atoms with van der Waals surface area (Å²) >= 11 is 0. The van der Waals surface area contributed by atoms with E-state index in [4.69, 9.17) is 8.61 Å². The summed E-state index contributed by atoms with van der Waals surface area (Å²) < 4.78 is 36.0. The summed E-state index contributed by atoms with van der Waals surface area (Å²) in [4.78, 5) is 0.210. The molecule has 0 saturated heterocycles. The Morgan fingerprint density at radius 3 is 1.92 bits per heavy atom. The second kappa shape index (κ2) is 8.55. The Labute approximate surface area is 161 Å². The molecule has 150 valence electrons. The SMILES string of the molecule is Cc1ccc(S(=O)(=O)OCCC(C)(C)CCO[Si](C)(C)C(C)(C)C)cc1. The second-order valence-corrected chi connectivity index (χ2v) is 15.8. The molecule has 1 aromatic carbocycles. The van der Waals surface area contributed by atoms with Crippen molar-refractivity contribution in [1.29, 1.82) is 0 Å². The van der Waals surface area contributed by atoms with Gasteiger partial charge in [0.2, 0.25) is 0 Å². The van der Waals surface area contributed by atoms with Gasteiger partial charge in [0, 0.05) is 6.61 Å². The van der Waals surface area contributed by atoms with Gasteiger partial charge in [-0.3, -0.25) is 4.18 Å². The van der Waals surface area contributed by atoms with Crippen LogP contribution in [0.5, 0.6) is 0 Å². The summed E-state index contributed by atoms with van der Waals surface area (Å²) in [7, 11) is -5.43. The minimum absolute atomic E-state index is 0.0365. The third-order valence-corrected chi connectivity index (χ3v) is 11.2. The standard InChI is InChI=1S/C20H36O4SSi/c1-17-9-11-18(12-10-17)25(21,22)23-15-13-20(5,6)14-16-24-26(7,8)19(2,3)4/h9-12H,13-16H2,1-8H3. The van der Waals surface area contributed by atoms with Crippen molar-refractivity contribution in [2.75, 3.05) is 13.2 Å². The van der Waals surface area contributed by atoms with Gasteiger partial charge in [0.05, 0.1) is 11.5 Å². The minimum atomic E-state index is -3.69. The number of benzene rings is 1. The first kappa shape index (κ1) is 23.3. The van der Waals surface area contributed by atoms with Gasteiger partial charge in [-0.1, -0.05) is 52.3 Å². The first-order chi connectivity index (χ1) is 11.7. The lowest BCUT2D eigenvalue weighted by Gasteiger charge is -2.37. The van der Waals surface area contributed by atoms with Gasteiger partial charge in [0.25, 0.3) is 10.1 Å². The van der Waals surface area contributed by atoms with Crippen molar-refractivity contribution in [3.8, 4) is 0 Å². The van der Waals surface area contributed by atoms with Crippen LogP contribution in [0.1, 0.15) is 53.0 Å². The number of aryl methyl sites for hydroxylation is 1. The van der Waals surface area contributed by atoms with Crippen molar-refractivity contribution in [3.05, 3.63) is 29.8 Å². The van der Waals surface area contributed by atoms with Crippen LogP contribution in [-0.2, 0) is 18.7 Å². The van der Waals surface area contributed by atoms with Crippen LogP contribution < -0.4 is 0 Å². The molecular weight excluding hydrogens is 364 g/mol. The number of hydrogen-bond donors (Lipinski definition) is 0. The lowest BCUT2D eigenvalue weighted by atomic mass is 9.86. The summed E-state index contributed by atoms with van der Waals surface area (Å²) in [6, 6.07) is 6.72. The van der Waals surface area contributed by atoms with Gasteiger partial charge < -0.3 is 4.43 Å². The normalized spacial score (nSPS) is 13.8. The van der Waals surface area contributed by atoms with Crippen molar-refractivity contribution in [1.82, 2.24) is 0 Å². The molecule has 1 rings (SSSR count). The van der Waals surface area contributed by atoms with E-state index in [1.807, 2.05) is 6.92 Å². The highest BCUT2D eigenvalue weighted by Gasteiger charge is 2.37. The maximum atomic E-state index is 12.2. The van der Waals surface area contributed by atoms with Crippen molar-refractivity contribution in [2.24, 2.45) is 5.41 Å². The van der Waals surface area contributed by atoms with Crippen molar-refractivity contribution < 1.29 is 17.0 Å². The Kier molecular flexibility index (Phi) is 7.67. The Hall–Kier alpha value is -0.693. The van der Waals surface area contributed by atoms with Gasteiger partial charge in [0.1, 0.15) is 0 Å². The molecule has 0 bridgehead atoms. The molecule has 0 unspecified atom stereocenters. The summed E-state index contributed by atoms with van der Waals surface area (Å²) in [5.41, 5.74) is 0.984. The van der Waals surface area contributed by atoms with Crippen LogP contribution in [0.2, 0.25) is 18.1 Å². The highest BCUT2D eigenvalue weighted by molar-refractivity contribution is 7.86. The molecule has 0 spiro atoms. The molecule has 0 N–H and O–H groups in total. The second-order valence-electron chi connectivity index (χ2n) is 9.36. The molecule has 0 amide bonds. The minimum Gasteiger partial charge on any atom is -0.417 e. The van der Waals surface area contributed by atoms with E-state index in [0.717, 1.165) is 12.0 Å². The molecule has 0 radical (unpaired) electrons. The molecule has 6 heteroatoms. The fourth-order valence-electron chi connectivity index (χ4n) is 2.12. The maximum absolute atomic E-state index is 12.2. The van der Waals surface area contributed by atoms with Gasteiger partial charge in [-0.15, -0.1) is 0 Å². The highest BCUT2D eigenvalue weighted by Crippen LogP contribution is 2.37. The summed E-state index contributed by atoms with van der Waals surface area (Å²) in [5.74, 6) is 0. The lowest BCUT2D eigenvalue weighted by molar-refractivity contribution is 0.176. The molecule has 0 saturated carbocycles. The zero-order chi connectivity index (χ0) is 20.2. The maximum Gasteiger partial charge on any atom is 0.296 e. The molecule has 1 aromatic rings. The molecule has 0 aromatic heterocycles. The fraction of sp³-hybridized carbons (Fsp3) is 0.700. The molecule has 0 aliphatic carbocycles. The predicted molar refractivity (Wildman–Crippen MR) is 110 cm³/mol. The zero-order valence-electron chi connectivity index (χ0n) is 17.7. The van der Waals surface area contributed by atoms with Crippen LogP contribution in [0.4, 0.5) is 0 Å². The van der Waals surface area contributed by atoms with E-state index in [0.29, 0.717) is 13.0 Å². The number of rotatable bonds is 9. The van der Waals surface area contributed by atoms with Crippen molar-refractivity contribution >= 4 is 18.4 Å². The summed E-state index contributed by atoms with van der Waals surface area (Å²) in [6.07, 6.45) is 1.55. The fourth-order valence-corrected chi connectivity index (χ4v) is 4.08. The Balaban J connectivity index is 2.49. The average Bonchev–Trinajstić information content (AvgIpc) is 2.45. The van der Waals surface area contributed by atoms with Gasteiger partial charge in [0.15, 0.2) is 8.32 Å². The first-order valence-electron chi connectivity index (χ1n) is 9.26. The molecule has 0 aliphatic heterocycles. The van der Waals surface area contributed by atoms with Gasteiger partial charge >= 0.3 is 0 Å². The molecule has 0 fully saturated rings. The van der Waals surface area contributed by atoms with Crippen LogP contribution >= 0.6 is 0 Å². The topological polar surface area (TPSA) is 52.6 Å². The zero-order valence-corrected chi connectivity index (χ0v) is 19.5. The lowest BCUT2D eigenvalue weighted by Crippen LogP contribution is -2.41. The highest BCUT2D eigenvalue weighted by atomic mass is 32.2. The molecule has 4 nitrogen and oxygen atoms in total.